The molecule has 2 heterocycles. The molecule has 0 amide bonds. The summed E-state index contributed by atoms with van der Waals surface area (Å²) in [4.78, 5) is 13.0. The highest BCUT2D eigenvalue weighted by molar-refractivity contribution is 7.99. The van der Waals surface area contributed by atoms with E-state index in [0.717, 1.165) is 18.9 Å². The summed E-state index contributed by atoms with van der Waals surface area (Å²) in [6.45, 7) is 7.21. The molecule has 1 saturated heterocycles. The summed E-state index contributed by atoms with van der Waals surface area (Å²) in [7, 11) is 0. The van der Waals surface area contributed by atoms with Gasteiger partial charge in [-0.3, -0.25) is 9.36 Å². The topological polar surface area (TPSA) is 71.2 Å². The number of hydrogen-bond acceptors (Lipinski definition) is 5. The molecule has 1 fully saturated rings. The minimum atomic E-state index is -0.830. The molecule has 20 heavy (non-hydrogen) atoms. The number of anilines is 1. The van der Waals surface area contributed by atoms with Crippen molar-refractivity contribution in [3.8, 4) is 0 Å². The van der Waals surface area contributed by atoms with Crippen LogP contribution in [0.2, 0.25) is 0 Å². The van der Waals surface area contributed by atoms with Gasteiger partial charge in [0.15, 0.2) is 5.16 Å². The van der Waals surface area contributed by atoms with Crippen LogP contribution in [-0.4, -0.2) is 43.7 Å². The molecule has 2 unspecified atom stereocenters. The average Bonchev–Trinajstić information content (AvgIpc) is 2.98. The molecule has 7 heteroatoms. The van der Waals surface area contributed by atoms with Crippen LogP contribution in [0.5, 0.6) is 0 Å². The van der Waals surface area contributed by atoms with Gasteiger partial charge >= 0.3 is 5.97 Å². The number of thioether (sulfide) groups is 1. The Kier molecular flexibility index (Phi) is 4.91. The third-order valence-electron chi connectivity index (χ3n) is 3.83. The van der Waals surface area contributed by atoms with Crippen LogP contribution in [0.15, 0.2) is 5.16 Å². The first-order chi connectivity index (χ1) is 9.58. The number of aliphatic carboxylic acids is 1. The van der Waals surface area contributed by atoms with E-state index in [1.54, 1.807) is 0 Å². The molecule has 0 bridgehead atoms. The van der Waals surface area contributed by atoms with E-state index in [0.29, 0.717) is 17.2 Å². The zero-order chi connectivity index (χ0) is 14.7. The number of nitrogens with zero attached hydrogens (tertiary/aromatic N) is 4. The number of rotatable bonds is 6. The molecule has 0 radical (unpaired) electrons. The SMILES string of the molecule is CCC1CCC(C)N1c1nnc(SCC(=O)O)n1CC. The number of aromatic nitrogens is 3. The van der Waals surface area contributed by atoms with Gasteiger partial charge in [-0.2, -0.15) is 0 Å². The summed E-state index contributed by atoms with van der Waals surface area (Å²) in [6, 6.07) is 0.976. The molecule has 0 aromatic carbocycles. The molecule has 1 aliphatic rings. The fourth-order valence-corrected chi connectivity index (χ4v) is 3.53. The summed E-state index contributed by atoms with van der Waals surface area (Å²) in [5.41, 5.74) is 0. The number of carboxylic acids is 1. The van der Waals surface area contributed by atoms with Crippen molar-refractivity contribution in [3.05, 3.63) is 0 Å². The highest BCUT2D eigenvalue weighted by Crippen LogP contribution is 2.32. The number of carbonyl (C=O) groups is 1. The van der Waals surface area contributed by atoms with Crippen molar-refractivity contribution in [2.24, 2.45) is 0 Å². The molecule has 0 aliphatic carbocycles. The van der Waals surface area contributed by atoms with E-state index in [1.165, 1.54) is 24.6 Å². The molecule has 6 nitrogen and oxygen atoms in total. The summed E-state index contributed by atoms with van der Waals surface area (Å²) in [6.07, 6.45) is 3.46. The normalized spacial score (nSPS) is 22.4. The maximum absolute atomic E-state index is 10.7. The molecule has 2 atom stereocenters. The molecular weight excluding hydrogens is 276 g/mol. The van der Waals surface area contributed by atoms with Gasteiger partial charge in [-0.1, -0.05) is 18.7 Å². The van der Waals surface area contributed by atoms with Crippen LogP contribution in [0.3, 0.4) is 0 Å². The van der Waals surface area contributed by atoms with Gasteiger partial charge < -0.3 is 10.0 Å². The average molecular weight is 298 g/mol. The van der Waals surface area contributed by atoms with Crippen LogP contribution in [0.1, 0.15) is 40.0 Å². The predicted molar refractivity (Wildman–Crippen MR) is 79.3 cm³/mol. The van der Waals surface area contributed by atoms with E-state index in [9.17, 15) is 4.79 Å². The summed E-state index contributed by atoms with van der Waals surface area (Å²) >= 11 is 1.23. The Morgan fingerprint density at radius 2 is 2.15 bits per heavy atom. The van der Waals surface area contributed by atoms with Gasteiger partial charge in [-0.05, 0) is 33.1 Å². The predicted octanol–water partition coefficient (Wildman–Crippen LogP) is 2.24. The van der Waals surface area contributed by atoms with E-state index in [2.05, 4.69) is 28.9 Å². The van der Waals surface area contributed by atoms with E-state index in [1.807, 2.05) is 11.5 Å². The molecule has 112 valence electrons. The molecule has 1 aromatic rings. The molecule has 2 rings (SSSR count). The molecule has 0 saturated carbocycles. The van der Waals surface area contributed by atoms with Crippen molar-refractivity contribution in [1.29, 1.82) is 0 Å². The zero-order valence-corrected chi connectivity index (χ0v) is 13.1. The van der Waals surface area contributed by atoms with E-state index >= 15 is 0 Å². The largest absolute Gasteiger partial charge is 0.481 e. The van der Waals surface area contributed by atoms with Crippen molar-refractivity contribution in [1.82, 2.24) is 14.8 Å². The second kappa shape index (κ2) is 6.47. The number of carboxylic acid groups (broad SMARTS) is 1. The Labute approximate surface area is 123 Å². The van der Waals surface area contributed by atoms with Crippen molar-refractivity contribution >= 4 is 23.7 Å². The fraction of sp³-hybridized carbons (Fsp3) is 0.769. The maximum Gasteiger partial charge on any atom is 0.313 e. The third-order valence-corrected chi connectivity index (χ3v) is 4.78. The van der Waals surface area contributed by atoms with Crippen LogP contribution in [0, 0.1) is 0 Å². The highest BCUT2D eigenvalue weighted by Gasteiger charge is 2.33. The lowest BCUT2D eigenvalue weighted by atomic mass is 10.2. The quantitative estimate of drug-likeness (QED) is 0.812. The summed E-state index contributed by atoms with van der Waals surface area (Å²) < 4.78 is 2.03. The van der Waals surface area contributed by atoms with Gasteiger partial charge in [-0.15, -0.1) is 10.2 Å². The molecular formula is C13H22N4O2S. The van der Waals surface area contributed by atoms with Crippen LogP contribution >= 0.6 is 11.8 Å². The smallest absolute Gasteiger partial charge is 0.313 e. The minimum Gasteiger partial charge on any atom is -0.481 e. The number of hydrogen-bond donors (Lipinski definition) is 1. The first-order valence-electron chi connectivity index (χ1n) is 7.14. The molecule has 1 N–H and O–H groups in total. The van der Waals surface area contributed by atoms with Crippen LogP contribution in [0.4, 0.5) is 5.95 Å². The lowest BCUT2D eigenvalue weighted by Gasteiger charge is -2.29. The van der Waals surface area contributed by atoms with Crippen LogP contribution < -0.4 is 4.90 Å². The van der Waals surface area contributed by atoms with Gasteiger partial charge in [-0.25, -0.2) is 0 Å². The monoisotopic (exact) mass is 298 g/mol. The van der Waals surface area contributed by atoms with Crippen LogP contribution in [-0.2, 0) is 11.3 Å². The summed E-state index contributed by atoms with van der Waals surface area (Å²) in [5, 5.41) is 18.0. The maximum atomic E-state index is 10.7. The van der Waals surface area contributed by atoms with Crippen LogP contribution in [0.25, 0.3) is 0 Å². The Morgan fingerprint density at radius 3 is 2.75 bits per heavy atom. The Hall–Kier alpha value is -1.24. The van der Waals surface area contributed by atoms with Gasteiger partial charge in [0.25, 0.3) is 0 Å². The van der Waals surface area contributed by atoms with E-state index in [-0.39, 0.29) is 5.75 Å². The molecule has 1 aromatic heterocycles. The highest BCUT2D eigenvalue weighted by atomic mass is 32.2. The van der Waals surface area contributed by atoms with Crippen molar-refractivity contribution in [3.63, 3.8) is 0 Å². The van der Waals surface area contributed by atoms with Gasteiger partial charge in [0, 0.05) is 18.6 Å². The summed E-state index contributed by atoms with van der Waals surface area (Å²) in [5.74, 6) is 0.0747. The van der Waals surface area contributed by atoms with Gasteiger partial charge in [0.2, 0.25) is 5.95 Å². The fourth-order valence-electron chi connectivity index (χ4n) is 2.81. The Morgan fingerprint density at radius 1 is 1.40 bits per heavy atom. The second-order valence-electron chi connectivity index (χ2n) is 5.10. The van der Waals surface area contributed by atoms with Gasteiger partial charge in [0.1, 0.15) is 0 Å². The molecule has 0 spiro atoms. The molecule has 1 aliphatic heterocycles. The van der Waals surface area contributed by atoms with Gasteiger partial charge in [0.05, 0.1) is 5.75 Å². The first-order valence-corrected chi connectivity index (χ1v) is 8.13. The minimum absolute atomic E-state index is 0.0187. The van der Waals surface area contributed by atoms with Crippen molar-refractivity contribution in [2.45, 2.75) is 63.8 Å². The van der Waals surface area contributed by atoms with E-state index in [4.69, 9.17) is 5.11 Å². The third kappa shape index (κ3) is 2.92. The first kappa shape index (κ1) is 15.2. The lowest BCUT2D eigenvalue weighted by Crippen LogP contribution is -2.36. The Bertz CT molecular complexity index is 477. The Balaban J connectivity index is 2.25. The second-order valence-corrected chi connectivity index (χ2v) is 6.05. The standard InChI is InChI=1S/C13H22N4O2S/c1-4-10-7-6-9(3)17(10)12-14-15-13(16(12)5-2)20-8-11(18)19/h9-10H,4-8H2,1-3H3,(H,18,19). The lowest BCUT2D eigenvalue weighted by molar-refractivity contribution is -0.133. The zero-order valence-electron chi connectivity index (χ0n) is 12.2. The van der Waals surface area contributed by atoms with Crippen molar-refractivity contribution < 1.29 is 9.90 Å². The van der Waals surface area contributed by atoms with Crippen molar-refractivity contribution in [2.75, 3.05) is 10.7 Å². The van der Waals surface area contributed by atoms with E-state index < -0.39 is 5.97 Å².